The zero-order chi connectivity index (χ0) is 10.7. The summed E-state index contributed by atoms with van der Waals surface area (Å²) in [6.07, 6.45) is 4.26. The summed E-state index contributed by atoms with van der Waals surface area (Å²) >= 11 is 5.79. The molecule has 5 nitrogen and oxygen atoms in total. The van der Waals surface area contributed by atoms with Gasteiger partial charge in [0.1, 0.15) is 6.26 Å². The number of nitrogens with one attached hydrogen (secondary N) is 1. The second-order valence-electron chi connectivity index (χ2n) is 2.69. The fourth-order valence-electron chi connectivity index (χ4n) is 1.02. The van der Waals surface area contributed by atoms with E-state index in [1.807, 2.05) is 0 Å². The van der Waals surface area contributed by atoms with E-state index in [9.17, 15) is 4.79 Å². The highest BCUT2D eigenvalue weighted by Crippen LogP contribution is 2.14. The maximum absolute atomic E-state index is 11.6. The molecule has 0 unspecified atom stereocenters. The fourth-order valence-corrected chi connectivity index (χ4v) is 1.23. The zero-order valence-corrected chi connectivity index (χ0v) is 8.23. The summed E-state index contributed by atoms with van der Waals surface area (Å²) in [6.45, 7) is 0. The molecule has 2 aromatic rings. The van der Waals surface area contributed by atoms with Crippen molar-refractivity contribution in [1.29, 1.82) is 0 Å². The third-order valence-electron chi connectivity index (χ3n) is 1.70. The van der Waals surface area contributed by atoms with Crippen LogP contribution < -0.4 is 5.32 Å². The smallest absolute Gasteiger partial charge is 0.258 e. The highest BCUT2D eigenvalue weighted by molar-refractivity contribution is 6.34. The number of carbonyl (C=O) groups is 1. The van der Waals surface area contributed by atoms with Crippen molar-refractivity contribution in [3.63, 3.8) is 0 Å². The Hall–Kier alpha value is -1.88. The van der Waals surface area contributed by atoms with Crippen LogP contribution in [0.3, 0.4) is 0 Å². The minimum absolute atomic E-state index is 0.290. The van der Waals surface area contributed by atoms with Gasteiger partial charge in [0.05, 0.1) is 10.6 Å². The summed E-state index contributed by atoms with van der Waals surface area (Å²) in [4.78, 5) is 15.4. The molecule has 76 valence electrons. The van der Waals surface area contributed by atoms with Gasteiger partial charge in [-0.3, -0.25) is 9.78 Å². The second-order valence-corrected chi connectivity index (χ2v) is 3.10. The molecule has 0 radical (unpaired) electrons. The van der Waals surface area contributed by atoms with E-state index >= 15 is 0 Å². The molecule has 0 aliphatic heterocycles. The number of amides is 1. The van der Waals surface area contributed by atoms with Crippen molar-refractivity contribution in [3.05, 3.63) is 41.4 Å². The molecule has 2 rings (SSSR count). The van der Waals surface area contributed by atoms with Gasteiger partial charge >= 0.3 is 0 Å². The first-order chi connectivity index (χ1) is 7.27. The summed E-state index contributed by atoms with van der Waals surface area (Å²) in [5.74, 6) is -0.0100. The van der Waals surface area contributed by atoms with Crippen LogP contribution in [0.5, 0.6) is 0 Å². The molecule has 15 heavy (non-hydrogen) atoms. The summed E-state index contributed by atoms with van der Waals surface area (Å²) in [7, 11) is 0. The Morgan fingerprint density at radius 1 is 1.47 bits per heavy atom. The van der Waals surface area contributed by atoms with Crippen molar-refractivity contribution in [2.75, 3.05) is 5.32 Å². The van der Waals surface area contributed by atoms with E-state index < -0.39 is 0 Å². The lowest BCUT2D eigenvalue weighted by molar-refractivity contribution is 0.102. The summed E-state index contributed by atoms with van der Waals surface area (Å²) in [5, 5.41) is 6.36. The van der Waals surface area contributed by atoms with Gasteiger partial charge in [0.25, 0.3) is 5.91 Å². The first-order valence-corrected chi connectivity index (χ1v) is 4.46. The molecular weight excluding hydrogens is 218 g/mol. The number of anilines is 1. The summed E-state index contributed by atoms with van der Waals surface area (Å²) in [6, 6.07) is 3.06. The number of carbonyl (C=O) groups excluding carboxylic acids is 1. The SMILES string of the molecule is O=C(Nc1ccon1)c1ccncc1Cl. The monoisotopic (exact) mass is 223 g/mol. The van der Waals surface area contributed by atoms with E-state index in [4.69, 9.17) is 11.6 Å². The van der Waals surface area contributed by atoms with Crippen LogP contribution in [0.15, 0.2) is 35.3 Å². The number of nitrogens with zero attached hydrogens (tertiary/aromatic N) is 2. The Morgan fingerprint density at radius 2 is 2.33 bits per heavy atom. The quantitative estimate of drug-likeness (QED) is 0.845. The van der Waals surface area contributed by atoms with Crippen LogP contribution in [0, 0.1) is 0 Å². The maximum Gasteiger partial charge on any atom is 0.258 e. The van der Waals surface area contributed by atoms with Gasteiger partial charge in [0.2, 0.25) is 0 Å². The number of halogens is 1. The molecule has 2 heterocycles. The van der Waals surface area contributed by atoms with E-state index in [1.54, 1.807) is 0 Å². The minimum atomic E-state index is -0.351. The number of hydrogen-bond acceptors (Lipinski definition) is 4. The first-order valence-electron chi connectivity index (χ1n) is 4.08. The van der Waals surface area contributed by atoms with Gasteiger partial charge < -0.3 is 9.84 Å². The van der Waals surface area contributed by atoms with Gasteiger partial charge in [-0.2, -0.15) is 0 Å². The van der Waals surface area contributed by atoms with Gasteiger partial charge in [-0.05, 0) is 6.07 Å². The number of hydrogen-bond donors (Lipinski definition) is 1. The molecule has 0 saturated carbocycles. The molecular formula is C9H6ClN3O2. The molecule has 0 aromatic carbocycles. The van der Waals surface area contributed by atoms with Crippen LogP contribution in [0.1, 0.15) is 10.4 Å². The number of aromatic nitrogens is 2. The topological polar surface area (TPSA) is 68.0 Å². The van der Waals surface area contributed by atoms with E-state index in [2.05, 4.69) is 20.0 Å². The van der Waals surface area contributed by atoms with Crippen molar-refractivity contribution >= 4 is 23.3 Å². The standard InChI is InChI=1S/C9H6ClN3O2/c10-7-5-11-3-1-6(7)9(14)12-8-2-4-15-13-8/h1-5H,(H,12,13,14). The Bertz CT molecular complexity index is 470. The van der Waals surface area contributed by atoms with Crippen LogP contribution in [-0.4, -0.2) is 16.0 Å². The van der Waals surface area contributed by atoms with Crippen molar-refractivity contribution in [3.8, 4) is 0 Å². The lowest BCUT2D eigenvalue weighted by Crippen LogP contribution is -2.12. The highest BCUT2D eigenvalue weighted by Gasteiger charge is 2.10. The molecule has 0 atom stereocenters. The lowest BCUT2D eigenvalue weighted by Gasteiger charge is -2.02. The van der Waals surface area contributed by atoms with E-state index in [-0.39, 0.29) is 5.91 Å². The zero-order valence-electron chi connectivity index (χ0n) is 7.48. The molecule has 1 N–H and O–H groups in total. The molecule has 0 fully saturated rings. The van der Waals surface area contributed by atoms with Crippen LogP contribution in [0.4, 0.5) is 5.82 Å². The number of rotatable bonds is 2. The molecule has 2 aromatic heterocycles. The minimum Gasteiger partial charge on any atom is -0.363 e. The normalized spacial score (nSPS) is 9.93. The molecule has 0 spiro atoms. The Labute approximate surface area is 90.1 Å². The molecule has 0 saturated heterocycles. The summed E-state index contributed by atoms with van der Waals surface area (Å²) < 4.78 is 4.57. The van der Waals surface area contributed by atoms with Crippen molar-refractivity contribution < 1.29 is 9.32 Å². The van der Waals surface area contributed by atoms with Gasteiger partial charge in [0, 0.05) is 18.5 Å². The Balaban J connectivity index is 2.19. The largest absolute Gasteiger partial charge is 0.363 e. The van der Waals surface area contributed by atoms with Crippen LogP contribution in [-0.2, 0) is 0 Å². The van der Waals surface area contributed by atoms with E-state index in [0.717, 1.165) is 0 Å². The van der Waals surface area contributed by atoms with Crippen LogP contribution in [0.25, 0.3) is 0 Å². The first kappa shape index (κ1) is 9.67. The van der Waals surface area contributed by atoms with Crippen LogP contribution in [0.2, 0.25) is 5.02 Å². The molecule has 6 heteroatoms. The fraction of sp³-hybridized carbons (Fsp3) is 0. The van der Waals surface area contributed by atoms with Gasteiger partial charge in [-0.15, -0.1) is 0 Å². The third kappa shape index (κ3) is 2.13. The van der Waals surface area contributed by atoms with Gasteiger partial charge in [-0.1, -0.05) is 16.8 Å². The average molecular weight is 224 g/mol. The van der Waals surface area contributed by atoms with E-state index in [0.29, 0.717) is 16.4 Å². The molecule has 1 amide bonds. The van der Waals surface area contributed by atoms with Crippen molar-refractivity contribution in [2.24, 2.45) is 0 Å². The predicted molar refractivity (Wildman–Crippen MR) is 53.7 cm³/mol. The molecule has 0 aliphatic carbocycles. The predicted octanol–water partition coefficient (Wildman–Crippen LogP) is 1.98. The third-order valence-corrected chi connectivity index (χ3v) is 2.00. The Kier molecular flexibility index (Phi) is 2.64. The van der Waals surface area contributed by atoms with Crippen molar-refractivity contribution in [1.82, 2.24) is 10.1 Å². The van der Waals surface area contributed by atoms with E-state index in [1.165, 1.54) is 30.8 Å². The van der Waals surface area contributed by atoms with Crippen LogP contribution >= 0.6 is 11.6 Å². The number of pyridine rings is 1. The maximum atomic E-state index is 11.6. The summed E-state index contributed by atoms with van der Waals surface area (Å²) in [5.41, 5.74) is 0.342. The second kappa shape index (κ2) is 4.10. The van der Waals surface area contributed by atoms with Crippen molar-refractivity contribution in [2.45, 2.75) is 0 Å². The van der Waals surface area contributed by atoms with Gasteiger partial charge in [-0.25, -0.2) is 0 Å². The molecule has 0 aliphatic rings. The van der Waals surface area contributed by atoms with Gasteiger partial charge in [0.15, 0.2) is 5.82 Å². The molecule has 0 bridgehead atoms. The lowest BCUT2D eigenvalue weighted by atomic mass is 10.2. The average Bonchev–Trinajstić information content (AvgIpc) is 2.71. The highest BCUT2D eigenvalue weighted by atomic mass is 35.5. The Morgan fingerprint density at radius 3 is 3.00 bits per heavy atom.